The maximum absolute atomic E-state index is 16.1. The number of carbonyl (C=O) groups is 4. The Morgan fingerprint density at radius 2 is 1.94 bits per heavy atom. The third-order valence-corrected chi connectivity index (χ3v) is 13.0. The van der Waals surface area contributed by atoms with Gasteiger partial charge in [-0.2, -0.15) is 0 Å². The Morgan fingerprint density at radius 3 is 2.58 bits per heavy atom. The Morgan fingerprint density at radius 1 is 1.21 bits per heavy atom. The maximum atomic E-state index is 16.1. The number of anilines is 2. The Kier molecular flexibility index (Phi) is 11.1. The number of halogens is 2. The quantitative estimate of drug-likeness (QED) is 0.0841. The minimum absolute atomic E-state index is 0.0443. The molecule has 276 valence electrons. The zero-order valence-electron chi connectivity index (χ0n) is 27.8. The van der Waals surface area contributed by atoms with E-state index in [0.29, 0.717) is 26.2 Å². The number of esters is 1. The van der Waals surface area contributed by atoms with Gasteiger partial charge in [0.25, 0.3) is 11.8 Å². The summed E-state index contributed by atoms with van der Waals surface area (Å²) in [5.74, 6) is -5.75. The highest BCUT2D eigenvalue weighted by atomic mass is 32.2. The minimum Gasteiger partial charge on any atom is -0.477 e. The van der Waals surface area contributed by atoms with Gasteiger partial charge in [-0.15, -0.1) is 46.2 Å². The molecule has 2 aromatic heterocycles. The van der Waals surface area contributed by atoms with Crippen LogP contribution in [0.4, 0.5) is 19.6 Å². The van der Waals surface area contributed by atoms with Crippen molar-refractivity contribution >= 4 is 96.6 Å². The van der Waals surface area contributed by atoms with Crippen molar-refractivity contribution in [3.8, 4) is 0 Å². The van der Waals surface area contributed by atoms with Gasteiger partial charge in [-0.1, -0.05) is 5.16 Å². The smallest absolute Gasteiger partial charge is 0.352 e. The molecule has 2 atom stereocenters. The van der Waals surface area contributed by atoms with Gasteiger partial charge in [0.15, 0.2) is 16.7 Å². The van der Waals surface area contributed by atoms with E-state index in [9.17, 15) is 29.1 Å². The number of nitrogens with one attached hydrogen (secondary N) is 1. The number of nitrogens with two attached hydrogens (primary N) is 1. The van der Waals surface area contributed by atoms with E-state index >= 15 is 8.78 Å². The van der Waals surface area contributed by atoms with Crippen LogP contribution in [0.3, 0.4) is 0 Å². The summed E-state index contributed by atoms with van der Waals surface area (Å²) in [6.45, 7) is 3.34. The average Bonchev–Trinajstić information content (AvgIpc) is 3.54. The lowest BCUT2D eigenvalue weighted by Crippen LogP contribution is -2.71. The lowest BCUT2D eigenvalue weighted by Gasteiger charge is -2.49. The molecule has 2 amide bonds. The second-order valence-corrected chi connectivity index (χ2v) is 15.9. The van der Waals surface area contributed by atoms with Crippen molar-refractivity contribution < 1.29 is 42.6 Å². The highest BCUT2D eigenvalue weighted by Crippen LogP contribution is 2.43. The first-order valence-corrected chi connectivity index (χ1v) is 19.3. The molecular formula is C31H31F2N7O8S4. The molecule has 0 radical (unpaired) electrons. The second-order valence-electron chi connectivity index (χ2n) is 11.6. The highest BCUT2D eigenvalue weighted by molar-refractivity contribution is 8.02. The van der Waals surface area contributed by atoms with Crippen LogP contribution in [0.15, 0.2) is 36.9 Å². The third kappa shape index (κ3) is 6.94. The van der Waals surface area contributed by atoms with Gasteiger partial charge in [0.05, 0.1) is 15.5 Å². The summed E-state index contributed by atoms with van der Waals surface area (Å²) in [5.41, 5.74) is 3.93. The molecule has 52 heavy (non-hydrogen) atoms. The molecule has 4 N–H and O–H groups in total. The SMILES string of the molecule is CCOC(=O)c1c(SCC2=C(C(=O)O)N3C(=O)[C@@H](NC(=O)C(=NOC)c4csc(N)n4)[C@@H]3SC2)sc2c(F)c(N3CCN(C)CC3)c(F)cc2c1=O. The molecule has 2 saturated heterocycles. The molecule has 0 spiro atoms. The van der Waals surface area contributed by atoms with Crippen LogP contribution in [0.1, 0.15) is 23.0 Å². The number of hydrogen-bond acceptors (Lipinski definition) is 16. The van der Waals surface area contributed by atoms with Crippen LogP contribution in [-0.4, -0.2) is 119 Å². The number of aliphatic carboxylic acids is 1. The predicted octanol–water partition coefficient (Wildman–Crippen LogP) is 2.39. The van der Waals surface area contributed by atoms with E-state index in [0.717, 1.165) is 45.4 Å². The number of carboxylic acids is 1. The van der Waals surface area contributed by atoms with E-state index in [-0.39, 0.29) is 65.9 Å². The number of hydrogen-bond donors (Lipinski definition) is 3. The number of benzene rings is 1. The normalized spacial score (nSPS) is 19.4. The van der Waals surface area contributed by atoms with Gasteiger partial charge in [-0.05, 0) is 25.6 Å². The number of likely N-dealkylation sites (N-methyl/N-ethyl adjacent to an activating group) is 1. The molecule has 2 fully saturated rings. The number of aromatic nitrogens is 1. The van der Waals surface area contributed by atoms with Crippen molar-refractivity contribution in [3.63, 3.8) is 0 Å². The van der Waals surface area contributed by atoms with E-state index in [1.807, 2.05) is 11.9 Å². The molecule has 5 heterocycles. The van der Waals surface area contributed by atoms with Gasteiger partial charge in [0.2, 0.25) is 5.43 Å². The number of nitrogens with zero attached hydrogens (tertiary/aromatic N) is 5. The van der Waals surface area contributed by atoms with Crippen LogP contribution in [-0.2, 0) is 24.0 Å². The van der Waals surface area contributed by atoms with Crippen molar-refractivity contribution in [1.29, 1.82) is 0 Å². The Balaban J connectivity index is 1.29. The molecule has 15 nitrogen and oxygen atoms in total. The highest BCUT2D eigenvalue weighted by Gasteiger charge is 2.54. The summed E-state index contributed by atoms with van der Waals surface area (Å²) in [6, 6.07) is -0.162. The molecule has 1 aromatic carbocycles. The monoisotopic (exact) mass is 795 g/mol. The molecule has 3 aliphatic heterocycles. The van der Waals surface area contributed by atoms with Crippen LogP contribution >= 0.6 is 46.2 Å². The maximum Gasteiger partial charge on any atom is 0.352 e. The first kappa shape index (κ1) is 37.4. The number of carbonyl (C=O) groups excluding carboxylic acids is 3. The minimum atomic E-state index is -1.41. The van der Waals surface area contributed by atoms with E-state index in [2.05, 4.69) is 15.5 Å². The van der Waals surface area contributed by atoms with E-state index < -0.39 is 57.8 Å². The van der Waals surface area contributed by atoms with Gasteiger partial charge in [-0.25, -0.2) is 23.4 Å². The zero-order chi connectivity index (χ0) is 37.4. The summed E-state index contributed by atoms with van der Waals surface area (Å²) in [6.07, 6.45) is 0. The topological polar surface area (TPSA) is 197 Å². The molecule has 3 aromatic rings. The van der Waals surface area contributed by atoms with Gasteiger partial charge >= 0.3 is 11.9 Å². The van der Waals surface area contributed by atoms with E-state index in [1.165, 1.54) is 24.3 Å². The molecule has 0 unspecified atom stereocenters. The Labute approximate surface area is 310 Å². The van der Waals surface area contributed by atoms with Gasteiger partial charge in [0.1, 0.15) is 47.0 Å². The fourth-order valence-corrected chi connectivity index (χ4v) is 10.3. The van der Waals surface area contributed by atoms with Gasteiger partial charge < -0.3 is 35.5 Å². The molecule has 0 bridgehead atoms. The van der Waals surface area contributed by atoms with E-state index in [4.69, 9.17) is 15.3 Å². The standard InChI is InChI=1S/C31H31F2N7O8S4/c1-4-48-29(46)17-23(41)14-9-15(32)22(39-7-5-38(2)6-8-39)18(33)24(14)52-30(17)50-11-13-10-49-27-20(26(43)40(27)21(13)28(44)45)36-25(42)19(37-47-3)16-12-51-31(34)35-16/h9,12,20,27H,4-8,10-11H2,1-3H3,(H2,34,35)(H,36,42)(H,44,45)/t20-,27+/m1/s1. The average molecular weight is 796 g/mol. The zero-order valence-corrected chi connectivity index (χ0v) is 31.0. The molecule has 21 heteroatoms. The Bertz CT molecular complexity index is 2100. The second kappa shape index (κ2) is 15.3. The molecule has 6 rings (SSSR count). The van der Waals surface area contributed by atoms with Crippen LogP contribution in [0.2, 0.25) is 0 Å². The first-order chi connectivity index (χ1) is 24.9. The van der Waals surface area contributed by atoms with Gasteiger partial charge in [-0.3, -0.25) is 19.3 Å². The number of ether oxygens (including phenoxy) is 1. The largest absolute Gasteiger partial charge is 0.477 e. The van der Waals surface area contributed by atoms with Crippen molar-refractivity contribution in [3.05, 3.63) is 55.8 Å². The van der Waals surface area contributed by atoms with Crippen molar-refractivity contribution in [2.24, 2.45) is 5.16 Å². The molecule has 3 aliphatic rings. The number of nitrogen functional groups attached to an aromatic ring is 1. The third-order valence-electron chi connectivity index (χ3n) is 8.39. The van der Waals surface area contributed by atoms with Crippen molar-refractivity contribution in [1.82, 2.24) is 20.1 Å². The predicted molar refractivity (Wildman–Crippen MR) is 194 cm³/mol. The number of carboxylic acid groups (broad SMARTS) is 1. The van der Waals surface area contributed by atoms with Crippen molar-refractivity contribution in [2.75, 3.05) is 69.1 Å². The number of piperazine rings is 1. The number of rotatable bonds is 11. The molecular weight excluding hydrogens is 765 g/mol. The number of thioether (sulfide) groups is 2. The van der Waals surface area contributed by atoms with E-state index in [1.54, 1.807) is 11.8 Å². The number of amides is 2. The fourth-order valence-electron chi connectivity index (χ4n) is 5.88. The summed E-state index contributed by atoms with van der Waals surface area (Å²) in [5, 5.41) is 17.1. The van der Waals surface area contributed by atoms with Crippen LogP contribution in [0, 0.1) is 11.6 Å². The van der Waals surface area contributed by atoms with Crippen LogP contribution < -0.4 is 21.4 Å². The number of oxime groups is 1. The summed E-state index contributed by atoms with van der Waals surface area (Å²) in [4.78, 5) is 79.2. The van der Waals surface area contributed by atoms with Crippen LogP contribution in [0.25, 0.3) is 10.1 Å². The summed E-state index contributed by atoms with van der Waals surface area (Å²) in [7, 11) is 3.13. The van der Waals surface area contributed by atoms with Gasteiger partial charge in [0, 0.05) is 48.5 Å². The van der Waals surface area contributed by atoms with Crippen molar-refractivity contribution in [2.45, 2.75) is 22.5 Å². The summed E-state index contributed by atoms with van der Waals surface area (Å²) < 4.78 is 36.6. The number of fused-ring (bicyclic) bond motifs is 2. The molecule has 0 aliphatic carbocycles. The summed E-state index contributed by atoms with van der Waals surface area (Å²) >= 11 is 3.94. The van der Waals surface area contributed by atoms with Crippen LogP contribution in [0.5, 0.6) is 0 Å². The lowest BCUT2D eigenvalue weighted by atomic mass is 10.0. The fraction of sp³-hybridized carbons (Fsp3) is 0.387. The lowest BCUT2D eigenvalue weighted by molar-refractivity contribution is -0.150. The first-order valence-electron chi connectivity index (χ1n) is 15.6. The number of β-lactam (4-membered cyclic amide) rings is 1. The molecule has 0 saturated carbocycles. The Hall–Kier alpha value is -4.31. The number of thiazole rings is 1.